The molecule has 3 fully saturated rings. The second-order valence-corrected chi connectivity index (χ2v) is 10.2. The molecule has 5 heteroatoms. The summed E-state index contributed by atoms with van der Waals surface area (Å²) in [7, 11) is 1.45. The predicted molar refractivity (Wildman–Crippen MR) is 106 cm³/mol. The molecule has 156 valence electrons. The maximum Gasteiger partial charge on any atom is 0.313 e. The first kappa shape index (κ1) is 19.1. The maximum atomic E-state index is 12.9. The predicted octanol–water partition coefficient (Wildman–Crippen LogP) is 3.91. The van der Waals surface area contributed by atoms with Crippen LogP contribution in [0.2, 0.25) is 0 Å². The fraction of sp³-hybridized carbons (Fsp3) is 0.708. The van der Waals surface area contributed by atoms with E-state index in [1.54, 1.807) is 0 Å². The lowest BCUT2D eigenvalue weighted by atomic mass is 9.49. The number of rotatable bonds is 1. The van der Waals surface area contributed by atoms with Crippen LogP contribution in [0.4, 0.5) is 0 Å². The third-order valence-electron chi connectivity index (χ3n) is 9.18. The third kappa shape index (κ3) is 2.36. The average Bonchev–Trinajstić information content (AvgIpc) is 3.22. The second kappa shape index (κ2) is 6.05. The molecule has 0 amide bonds. The van der Waals surface area contributed by atoms with Gasteiger partial charge in [0.15, 0.2) is 0 Å². The van der Waals surface area contributed by atoms with Crippen molar-refractivity contribution in [2.45, 2.75) is 70.8 Å². The number of hydrogen-bond donors (Lipinski definition) is 0. The van der Waals surface area contributed by atoms with E-state index in [-0.39, 0.29) is 46.3 Å². The smallest absolute Gasteiger partial charge is 0.313 e. The lowest BCUT2D eigenvalue weighted by molar-refractivity contribution is -0.162. The normalized spacial score (nSPS) is 45.7. The first-order valence-corrected chi connectivity index (χ1v) is 11.0. The SMILES string of the molecule is COC(=O)[C@H]1C=C2CC(=O)CC[C@]2(C)C2=CC[C@@]3(C)C(CCC34CCC(=O)O4)C21. The quantitative estimate of drug-likeness (QED) is 0.495. The van der Waals surface area contributed by atoms with Crippen LogP contribution in [0.25, 0.3) is 0 Å². The van der Waals surface area contributed by atoms with E-state index in [4.69, 9.17) is 9.47 Å². The zero-order valence-electron chi connectivity index (χ0n) is 17.6. The van der Waals surface area contributed by atoms with Gasteiger partial charge in [-0.15, -0.1) is 0 Å². The molecule has 6 atom stereocenters. The van der Waals surface area contributed by atoms with E-state index < -0.39 is 5.60 Å². The van der Waals surface area contributed by atoms with Gasteiger partial charge in [0.05, 0.1) is 13.0 Å². The van der Waals surface area contributed by atoms with Gasteiger partial charge in [-0.05, 0) is 38.0 Å². The Morgan fingerprint density at radius 1 is 1.17 bits per heavy atom. The van der Waals surface area contributed by atoms with Crippen molar-refractivity contribution in [1.82, 2.24) is 0 Å². The highest BCUT2D eigenvalue weighted by Crippen LogP contribution is 2.68. The molecule has 3 unspecified atom stereocenters. The number of Topliss-reactive ketones (excluding diaryl/α,β-unsaturated/α-hetero) is 1. The molecule has 0 radical (unpaired) electrons. The van der Waals surface area contributed by atoms with Crippen LogP contribution in [0.1, 0.15) is 65.2 Å². The standard InChI is InChI=1S/C24H30O5/c1-22-8-4-15(25)12-14(22)13-16(21(27)28-3)20-17(22)5-9-23(2)18(20)6-10-24(23)11-7-19(26)29-24/h5,13,16,18,20H,4,6-12H2,1-3H3/t16-,18?,20?,22-,23-,24?/m0/s1. The first-order chi connectivity index (χ1) is 13.7. The third-order valence-corrected chi connectivity index (χ3v) is 9.18. The van der Waals surface area contributed by atoms with Gasteiger partial charge in [0.2, 0.25) is 0 Å². The number of carbonyl (C=O) groups is 3. The van der Waals surface area contributed by atoms with Gasteiger partial charge in [-0.2, -0.15) is 0 Å². The number of allylic oxidation sites excluding steroid dienone is 3. The van der Waals surface area contributed by atoms with Crippen LogP contribution < -0.4 is 0 Å². The molecular formula is C24H30O5. The molecule has 0 bridgehead atoms. The molecule has 1 aliphatic heterocycles. The minimum Gasteiger partial charge on any atom is -0.469 e. The second-order valence-electron chi connectivity index (χ2n) is 10.2. The average molecular weight is 398 g/mol. The van der Waals surface area contributed by atoms with Crippen molar-refractivity contribution in [3.05, 3.63) is 23.3 Å². The molecule has 29 heavy (non-hydrogen) atoms. The van der Waals surface area contributed by atoms with E-state index in [0.29, 0.717) is 19.3 Å². The summed E-state index contributed by atoms with van der Waals surface area (Å²) in [4.78, 5) is 37.1. The van der Waals surface area contributed by atoms with Gasteiger partial charge in [-0.3, -0.25) is 14.4 Å². The van der Waals surface area contributed by atoms with Gasteiger partial charge in [0.25, 0.3) is 0 Å². The molecule has 1 saturated heterocycles. The molecule has 1 spiro atoms. The highest BCUT2D eigenvalue weighted by Gasteiger charge is 2.66. The number of carbonyl (C=O) groups excluding carboxylic acids is 3. The Labute approximate surface area is 171 Å². The molecule has 1 heterocycles. The summed E-state index contributed by atoms with van der Waals surface area (Å²) in [5.41, 5.74) is 1.71. The minimum absolute atomic E-state index is 0.0572. The Morgan fingerprint density at radius 2 is 1.97 bits per heavy atom. The zero-order chi connectivity index (χ0) is 20.6. The van der Waals surface area contributed by atoms with Gasteiger partial charge in [-0.25, -0.2) is 0 Å². The number of ether oxygens (including phenoxy) is 2. The molecule has 0 aromatic rings. The van der Waals surface area contributed by atoms with Crippen molar-refractivity contribution in [2.75, 3.05) is 7.11 Å². The Morgan fingerprint density at radius 3 is 2.66 bits per heavy atom. The Hall–Kier alpha value is -1.91. The topological polar surface area (TPSA) is 69.7 Å². The largest absolute Gasteiger partial charge is 0.469 e. The van der Waals surface area contributed by atoms with Gasteiger partial charge >= 0.3 is 11.9 Å². The minimum atomic E-state index is -0.398. The molecular weight excluding hydrogens is 368 g/mol. The van der Waals surface area contributed by atoms with Crippen molar-refractivity contribution in [3.63, 3.8) is 0 Å². The fourth-order valence-electron chi connectivity index (χ4n) is 7.45. The van der Waals surface area contributed by atoms with Crippen LogP contribution in [0.15, 0.2) is 23.3 Å². The van der Waals surface area contributed by atoms with Gasteiger partial charge in [0, 0.05) is 36.0 Å². The Bertz CT molecular complexity index is 868. The molecule has 0 aromatic carbocycles. The lowest BCUT2D eigenvalue weighted by Crippen LogP contribution is -2.53. The summed E-state index contributed by atoms with van der Waals surface area (Å²) in [6, 6.07) is 0. The molecule has 5 rings (SSSR count). The van der Waals surface area contributed by atoms with Crippen molar-refractivity contribution in [1.29, 1.82) is 0 Å². The highest BCUT2D eigenvalue weighted by molar-refractivity contribution is 5.85. The zero-order valence-corrected chi connectivity index (χ0v) is 17.6. The fourth-order valence-corrected chi connectivity index (χ4v) is 7.45. The van der Waals surface area contributed by atoms with Crippen LogP contribution in [-0.4, -0.2) is 30.4 Å². The summed E-state index contributed by atoms with van der Waals surface area (Å²) in [6.07, 6.45) is 10.2. The molecule has 0 aromatic heterocycles. The maximum absolute atomic E-state index is 12.9. The molecule has 0 N–H and O–H groups in total. The van der Waals surface area contributed by atoms with Gasteiger partial charge in [0.1, 0.15) is 11.4 Å². The van der Waals surface area contributed by atoms with E-state index in [0.717, 1.165) is 37.7 Å². The highest BCUT2D eigenvalue weighted by atomic mass is 16.6. The van der Waals surface area contributed by atoms with Crippen molar-refractivity contribution in [2.24, 2.45) is 28.6 Å². The number of methoxy groups -OCH3 is 1. The van der Waals surface area contributed by atoms with Crippen LogP contribution >= 0.6 is 0 Å². The van der Waals surface area contributed by atoms with E-state index in [1.165, 1.54) is 12.7 Å². The number of ketones is 1. The summed E-state index contributed by atoms with van der Waals surface area (Å²) in [5, 5.41) is 0. The van der Waals surface area contributed by atoms with Crippen LogP contribution in [0, 0.1) is 28.6 Å². The van der Waals surface area contributed by atoms with Crippen LogP contribution in [-0.2, 0) is 23.9 Å². The Kier molecular flexibility index (Phi) is 3.98. The molecule has 2 saturated carbocycles. The Balaban J connectivity index is 1.63. The molecule has 5 nitrogen and oxygen atoms in total. The van der Waals surface area contributed by atoms with Crippen LogP contribution in [0.3, 0.4) is 0 Å². The van der Waals surface area contributed by atoms with E-state index >= 15 is 0 Å². The van der Waals surface area contributed by atoms with E-state index in [2.05, 4.69) is 26.0 Å². The number of hydrogen-bond acceptors (Lipinski definition) is 5. The van der Waals surface area contributed by atoms with Crippen molar-refractivity contribution in [3.8, 4) is 0 Å². The van der Waals surface area contributed by atoms with E-state index in [1.807, 2.05) is 0 Å². The molecule has 5 aliphatic rings. The summed E-state index contributed by atoms with van der Waals surface area (Å²) in [5.74, 6) is -0.0877. The lowest BCUT2D eigenvalue weighted by Gasteiger charge is -2.55. The number of esters is 2. The summed E-state index contributed by atoms with van der Waals surface area (Å²) >= 11 is 0. The monoisotopic (exact) mass is 398 g/mol. The summed E-state index contributed by atoms with van der Waals surface area (Å²) in [6.45, 7) is 4.51. The molecule has 4 aliphatic carbocycles. The number of fused-ring (bicyclic) bond motifs is 6. The van der Waals surface area contributed by atoms with Crippen molar-refractivity contribution >= 4 is 17.7 Å². The van der Waals surface area contributed by atoms with Crippen LogP contribution in [0.5, 0.6) is 0 Å². The van der Waals surface area contributed by atoms with Gasteiger partial charge in [-0.1, -0.05) is 37.1 Å². The van der Waals surface area contributed by atoms with E-state index in [9.17, 15) is 14.4 Å². The first-order valence-electron chi connectivity index (χ1n) is 11.0. The van der Waals surface area contributed by atoms with Gasteiger partial charge < -0.3 is 9.47 Å². The summed E-state index contributed by atoms with van der Waals surface area (Å²) < 4.78 is 11.2. The van der Waals surface area contributed by atoms with Crippen molar-refractivity contribution < 1.29 is 23.9 Å².